The maximum atomic E-state index is 12.1. The van der Waals surface area contributed by atoms with Crippen LogP contribution in [0.1, 0.15) is 22.9 Å². The second-order valence-corrected chi connectivity index (χ2v) is 8.08. The lowest BCUT2D eigenvalue weighted by molar-refractivity contribution is -0.122. The van der Waals surface area contributed by atoms with Gasteiger partial charge in [0, 0.05) is 18.0 Å². The molecule has 5 heteroatoms. The number of hydrogen-bond donors (Lipinski definition) is 1. The van der Waals surface area contributed by atoms with Gasteiger partial charge in [-0.15, -0.1) is 11.3 Å². The van der Waals surface area contributed by atoms with Crippen molar-refractivity contribution >= 4 is 33.2 Å². The van der Waals surface area contributed by atoms with E-state index in [0.717, 1.165) is 23.3 Å². The highest BCUT2D eigenvalue weighted by Crippen LogP contribution is 2.23. The summed E-state index contributed by atoms with van der Waals surface area (Å²) in [5.41, 5.74) is 2.57. The fraction of sp³-hybridized carbons (Fsp3) is 0.389. The molecule has 1 N–H and O–H groups in total. The Hall–Kier alpha value is -1.17. The van der Waals surface area contributed by atoms with Crippen molar-refractivity contribution in [3.8, 4) is 0 Å². The fourth-order valence-electron chi connectivity index (χ4n) is 2.42. The van der Waals surface area contributed by atoms with Crippen LogP contribution >= 0.6 is 27.3 Å². The van der Waals surface area contributed by atoms with E-state index in [2.05, 4.69) is 64.3 Å². The molecule has 23 heavy (non-hydrogen) atoms. The van der Waals surface area contributed by atoms with Crippen molar-refractivity contribution in [3.05, 3.63) is 56.2 Å². The van der Waals surface area contributed by atoms with E-state index in [-0.39, 0.29) is 5.91 Å². The quantitative estimate of drug-likeness (QED) is 0.733. The minimum Gasteiger partial charge on any atom is -0.355 e. The third kappa shape index (κ3) is 6.09. The number of rotatable bonds is 8. The topological polar surface area (TPSA) is 32.3 Å². The summed E-state index contributed by atoms with van der Waals surface area (Å²) in [7, 11) is 0. The molecule has 0 fully saturated rings. The van der Waals surface area contributed by atoms with Crippen molar-refractivity contribution in [3.63, 3.8) is 0 Å². The molecule has 0 radical (unpaired) electrons. The van der Waals surface area contributed by atoms with Crippen LogP contribution in [0, 0.1) is 6.92 Å². The molecule has 1 heterocycles. The van der Waals surface area contributed by atoms with Crippen molar-refractivity contribution in [2.75, 3.05) is 19.6 Å². The van der Waals surface area contributed by atoms with Gasteiger partial charge in [-0.05, 0) is 59.1 Å². The SMILES string of the molecule is CCN(CC(=O)NCCc1ccccc1C)Cc1ccc(Br)s1. The first-order valence-electron chi connectivity index (χ1n) is 7.86. The smallest absolute Gasteiger partial charge is 0.234 e. The van der Waals surface area contributed by atoms with Crippen molar-refractivity contribution < 1.29 is 4.79 Å². The first-order chi connectivity index (χ1) is 11.1. The highest BCUT2D eigenvalue weighted by atomic mass is 79.9. The zero-order valence-electron chi connectivity index (χ0n) is 13.6. The Kier molecular flexibility index (Phi) is 7.27. The second kappa shape index (κ2) is 9.21. The lowest BCUT2D eigenvalue weighted by Gasteiger charge is -2.19. The molecule has 1 amide bonds. The van der Waals surface area contributed by atoms with Gasteiger partial charge in [-0.2, -0.15) is 0 Å². The Labute approximate surface area is 150 Å². The molecule has 2 rings (SSSR count). The van der Waals surface area contributed by atoms with Gasteiger partial charge in [0.25, 0.3) is 0 Å². The number of carbonyl (C=O) groups excluding carboxylic acids is 1. The van der Waals surface area contributed by atoms with Crippen molar-refractivity contribution in [1.29, 1.82) is 0 Å². The van der Waals surface area contributed by atoms with E-state index in [4.69, 9.17) is 0 Å². The maximum absolute atomic E-state index is 12.1. The number of hydrogen-bond acceptors (Lipinski definition) is 3. The number of likely N-dealkylation sites (N-methyl/N-ethyl adjacent to an activating group) is 1. The van der Waals surface area contributed by atoms with Crippen molar-refractivity contribution in [2.24, 2.45) is 0 Å². The number of thiophene rings is 1. The number of carbonyl (C=O) groups is 1. The molecular weight excluding hydrogens is 372 g/mol. The van der Waals surface area contributed by atoms with Gasteiger partial charge in [0.05, 0.1) is 10.3 Å². The number of nitrogens with zero attached hydrogens (tertiary/aromatic N) is 1. The van der Waals surface area contributed by atoms with E-state index in [0.29, 0.717) is 13.1 Å². The molecule has 0 bridgehead atoms. The van der Waals surface area contributed by atoms with E-state index >= 15 is 0 Å². The van der Waals surface area contributed by atoms with E-state index in [1.165, 1.54) is 16.0 Å². The van der Waals surface area contributed by atoms with Crippen LogP contribution in [0.25, 0.3) is 0 Å². The average molecular weight is 395 g/mol. The Morgan fingerprint density at radius 2 is 2.04 bits per heavy atom. The van der Waals surface area contributed by atoms with Crippen molar-refractivity contribution in [1.82, 2.24) is 10.2 Å². The van der Waals surface area contributed by atoms with Crippen LogP contribution in [0.15, 0.2) is 40.2 Å². The third-order valence-electron chi connectivity index (χ3n) is 3.80. The molecule has 0 aliphatic heterocycles. The van der Waals surface area contributed by atoms with Crippen LogP contribution in [0.5, 0.6) is 0 Å². The van der Waals surface area contributed by atoms with Crippen LogP contribution in [0.2, 0.25) is 0 Å². The van der Waals surface area contributed by atoms with Crippen LogP contribution in [0.3, 0.4) is 0 Å². The normalized spacial score (nSPS) is 11.0. The number of benzene rings is 1. The lowest BCUT2D eigenvalue weighted by Crippen LogP contribution is -2.37. The first-order valence-corrected chi connectivity index (χ1v) is 9.47. The average Bonchev–Trinajstić information content (AvgIpc) is 2.93. The summed E-state index contributed by atoms with van der Waals surface area (Å²) in [5.74, 6) is 0.0936. The third-order valence-corrected chi connectivity index (χ3v) is 5.41. The summed E-state index contributed by atoms with van der Waals surface area (Å²) < 4.78 is 1.13. The van der Waals surface area contributed by atoms with E-state index in [1.54, 1.807) is 11.3 Å². The molecule has 2 aromatic rings. The molecule has 1 aromatic carbocycles. The molecule has 1 aromatic heterocycles. The summed E-state index contributed by atoms with van der Waals surface area (Å²) in [6.45, 7) is 7.00. The van der Waals surface area contributed by atoms with Crippen LogP contribution in [-0.4, -0.2) is 30.4 Å². The molecule has 0 atom stereocenters. The molecule has 0 saturated heterocycles. The van der Waals surface area contributed by atoms with Gasteiger partial charge in [-0.1, -0.05) is 31.2 Å². The van der Waals surface area contributed by atoms with E-state index in [9.17, 15) is 4.79 Å². The van der Waals surface area contributed by atoms with Crippen LogP contribution in [0.4, 0.5) is 0 Å². The minimum atomic E-state index is 0.0936. The summed E-state index contributed by atoms with van der Waals surface area (Å²) in [6.07, 6.45) is 0.877. The van der Waals surface area contributed by atoms with Gasteiger partial charge < -0.3 is 5.32 Å². The summed E-state index contributed by atoms with van der Waals surface area (Å²) in [5, 5.41) is 3.03. The number of amides is 1. The first kappa shape index (κ1) is 18.2. The molecule has 0 unspecified atom stereocenters. The summed E-state index contributed by atoms with van der Waals surface area (Å²) >= 11 is 5.20. The monoisotopic (exact) mass is 394 g/mol. The van der Waals surface area contributed by atoms with Gasteiger partial charge in [0.15, 0.2) is 0 Å². The van der Waals surface area contributed by atoms with Gasteiger partial charge >= 0.3 is 0 Å². The van der Waals surface area contributed by atoms with Gasteiger partial charge in [-0.25, -0.2) is 0 Å². The van der Waals surface area contributed by atoms with Crippen molar-refractivity contribution in [2.45, 2.75) is 26.8 Å². The number of halogens is 1. The van der Waals surface area contributed by atoms with Gasteiger partial charge in [0.2, 0.25) is 5.91 Å². The van der Waals surface area contributed by atoms with Gasteiger partial charge in [0.1, 0.15) is 0 Å². The maximum Gasteiger partial charge on any atom is 0.234 e. The molecule has 0 aliphatic carbocycles. The molecule has 0 saturated carbocycles. The molecule has 0 aliphatic rings. The Morgan fingerprint density at radius 1 is 1.26 bits per heavy atom. The Morgan fingerprint density at radius 3 is 2.70 bits per heavy atom. The number of nitrogens with one attached hydrogen (secondary N) is 1. The molecule has 124 valence electrons. The minimum absolute atomic E-state index is 0.0936. The fourth-order valence-corrected chi connectivity index (χ4v) is 3.95. The largest absolute Gasteiger partial charge is 0.355 e. The predicted molar refractivity (Wildman–Crippen MR) is 101 cm³/mol. The highest BCUT2D eigenvalue weighted by Gasteiger charge is 2.10. The highest BCUT2D eigenvalue weighted by molar-refractivity contribution is 9.11. The second-order valence-electron chi connectivity index (χ2n) is 5.54. The zero-order valence-corrected chi connectivity index (χ0v) is 16.0. The Balaban J connectivity index is 1.75. The van der Waals surface area contributed by atoms with Crippen LogP contribution < -0.4 is 5.32 Å². The number of aryl methyl sites for hydroxylation is 1. The van der Waals surface area contributed by atoms with Crippen LogP contribution in [-0.2, 0) is 17.8 Å². The zero-order chi connectivity index (χ0) is 16.7. The molecular formula is C18H23BrN2OS. The standard InChI is InChI=1S/C18H23BrN2OS/c1-3-21(12-16-8-9-17(19)23-16)13-18(22)20-11-10-15-7-5-4-6-14(15)2/h4-9H,3,10-13H2,1-2H3,(H,20,22). The predicted octanol–water partition coefficient (Wildman–Crippen LogP) is 4.00. The summed E-state index contributed by atoms with van der Waals surface area (Å²) in [4.78, 5) is 15.5. The van der Waals surface area contributed by atoms with Gasteiger partial charge in [-0.3, -0.25) is 9.69 Å². The molecule has 0 spiro atoms. The van der Waals surface area contributed by atoms with E-state index < -0.39 is 0 Å². The van der Waals surface area contributed by atoms with E-state index in [1.807, 2.05) is 12.1 Å². The molecule has 3 nitrogen and oxygen atoms in total. The Bertz CT molecular complexity index is 641. The summed E-state index contributed by atoms with van der Waals surface area (Å²) in [6, 6.07) is 12.5. The lowest BCUT2D eigenvalue weighted by atomic mass is 10.1.